The van der Waals surface area contributed by atoms with E-state index < -0.39 is 0 Å². The summed E-state index contributed by atoms with van der Waals surface area (Å²) in [5.74, 6) is 1.40. The Morgan fingerprint density at radius 2 is 2.26 bits per heavy atom. The van der Waals surface area contributed by atoms with Crippen LogP contribution < -0.4 is 5.32 Å². The Balaban J connectivity index is 0.00000261. The van der Waals surface area contributed by atoms with E-state index in [2.05, 4.69) is 31.7 Å². The maximum atomic E-state index is 13.2. The van der Waals surface area contributed by atoms with Crippen LogP contribution in [-0.4, -0.2) is 47.1 Å². The number of nitrogens with one attached hydrogen (secondary N) is 1. The molecule has 0 aliphatic carbocycles. The Morgan fingerprint density at radius 3 is 2.96 bits per heavy atom. The van der Waals surface area contributed by atoms with Gasteiger partial charge in [0.05, 0.1) is 12.4 Å². The van der Waals surface area contributed by atoms with Crippen molar-refractivity contribution in [2.75, 3.05) is 26.7 Å². The first kappa shape index (κ1) is 21.7. The summed E-state index contributed by atoms with van der Waals surface area (Å²) in [4.78, 5) is 11.0. The number of aryl methyl sites for hydroxylation is 1. The van der Waals surface area contributed by atoms with E-state index in [-0.39, 0.29) is 29.8 Å². The summed E-state index contributed by atoms with van der Waals surface area (Å²) in [7, 11) is 1.83. The highest BCUT2D eigenvalue weighted by Gasteiger charge is 2.28. The number of aliphatic imine (C=N–C) groups is 1. The third-order valence-corrected chi connectivity index (χ3v) is 5.15. The van der Waals surface area contributed by atoms with Crippen LogP contribution in [0.3, 0.4) is 0 Å². The lowest BCUT2D eigenvalue weighted by Gasteiger charge is -2.39. The number of aromatic nitrogens is 2. The van der Waals surface area contributed by atoms with Gasteiger partial charge in [-0.15, -0.1) is 24.0 Å². The first-order chi connectivity index (χ1) is 12.7. The maximum absolute atomic E-state index is 13.2. The molecule has 1 saturated heterocycles. The Morgan fingerprint density at radius 1 is 1.41 bits per heavy atom. The summed E-state index contributed by atoms with van der Waals surface area (Å²) in [5, 5.41) is 3.46. The first-order valence-electron chi connectivity index (χ1n) is 9.35. The molecule has 1 aromatic heterocycles. The quantitative estimate of drug-likeness (QED) is 0.304. The normalized spacial score (nSPS) is 20.3. The molecule has 1 N–H and O–H groups in total. The Kier molecular flexibility index (Phi) is 8.53. The number of hydrogen-bond acceptors (Lipinski definition) is 2. The minimum absolute atomic E-state index is 0. The molecule has 1 aliphatic heterocycles. The summed E-state index contributed by atoms with van der Waals surface area (Å²) in [6.07, 6.45) is 8.71. The molecule has 0 bridgehead atoms. The highest BCUT2D eigenvalue weighted by molar-refractivity contribution is 14.0. The minimum Gasteiger partial charge on any atom is -0.356 e. The number of likely N-dealkylation sites (tertiary alicyclic amines) is 1. The molecule has 2 atom stereocenters. The lowest BCUT2D eigenvalue weighted by molar-refractivity contribution is 0.189. The Bertz CT molecular complexity index is 719. The van der Waals surface area contributed by atoms with Crippen molar-refractivity contribution in [3.63, 3.8) is 0 Å². The lowest BCUT2D eigenvalue weighted by Crippen LogP contribution is -2.49. The van der Waals surface area contributed by atoms with E-state index >= 15 is 0 Å². The van der Waals surface area contributed by atoms with E-state index in [1.54, 1.807) is 12.1 Å². The van der Waals surface area contributed by atoms with Crippen LogP contribution in [-0.2, 0) is 6.42 Å². The molecule has 27 heavy (non-hydrogen) atoms. The van der Waals surface area contributed by atoms with Crippen LogP contribution in [0.5, 0.6) is 0 Å². The monoisotopic (exact) mass is 485 g/mol. The van der Waals surface area contributed by atoms with Gasteiger partial charge in [-0.1, -0.05) is 19.1 Å². The number of nitrogens with zero attached hydrogens (tertiary/aromatic N) is 4. The summed E-state index contributed by atoms with van der Waals surface area (Å²) in [6.45, 7) is 5.07. The van der Waals surface area contributed by atoms with Crippen molar-refractivity contribution in [3.05, 3.63) is 54.4 Å². The number of piperidine rings is 1. The number of halogens is 2. The molecule has 2 heterocycles. The molecule has 1 fully saturated rings. The van der Waals surface area contributed by atoms with Crippen molar-refractivity contribution in [2.45, 2.75) is 32.2 Å². The van der Waals surface area contributed by atoms with Gasteiger partial charge in [0.1, 0.15) is 5.82 Å². The fraction of sp³-hybridized carbons (Fsp3) is 0.500. The van der Waals surface area contributed by atoms with E-state index in [0.29, 0.717) is 12.0 Å². The summed E-state index contributed by atoms with van der Waals surface area (Å²) in [6, 6.07) is 7.24. The van der Waals surface area contributed by atoms with Crippen LogP contribution in [0.1, 0.15) is 31.4 Å². The fourth-order valence-electron chi connectivity index (χ4n) is 3.61. The van der Waals surface area contributed by atoms with Crippen molar-refractivity contribution in [1.29, 1.82) is 0 Å². The molecule has 0 radical (unpaired) electrons. The van der Waals surface area contributed by atoms with Gasteiger partial charge in [-0.3, -0.25) is 4.99 Å². The van der Waals surface area contributed by atoms with E-state index in [9.17, 15) is 4.39 Å². The van der Waals surface area contributed by atoms with Crippen LogP contribution >= 0.6 is 24.0 Å². The van der Waals surface area contributed by atoms with Crippen molar-refractivity contribution in [2.24, 2.45) is 10.9 Å². The topological polar surface area (TPSA) is 45.5 Å². The summed E-state index contributed by atoms with van der Waals surface area (Å²) >= 11 is 0. The fourth-order valence-corrected chi connectivity index (χ4v) is 3.61. The van der Waals surface area contributed by atoms with Crippen LogP contribution in [0.4, 0.5) is 4.39 Å². The molecule has 7 heteroatoms. The van der Waals surface area contributed by atoms with Gasteiger partial charge in [0.2, 0.25) is 0 Å². The van der Waals surface area contributed by atoms with E-state index in [0.717, 1.165) is 50.4 Å². The van der Waals surface area contributed by atoms with E-state index in [4.69, 9.17) is 0 Å². The Hall–Kier alpha value is -1.64. The minimum atomic E-state index is -0.167. The summed E-state index contributed by atoms with van der Waals surface area (Å²) in [5.41, 5.74) is 1.04. The van der Waals surface area contributed by atoms with Gasteiger partial charge < -0.3 is 14.8 Å². The molecule has 2 aromatic rings. The molecule has 1 aliphatic rings. The third-order valence-electron chi connectivity index (χ3n) is 5.15. The van der Waals surface area contributed by atoms with Crippen molar-refractivity contribution in [3.8, 4) is 0 Å². The molecule has 1 aromatic carbocycles. The second-order valence-corrected chi connectivity index (χ2v) is 7.00. The van der Waals surface area contributed by atoms with Crippen molar-refractivity contribution < 1.29 is 4.39 Å². The zero-order chi connectivity index (χ0) is 18.4. The molecule has 148 valence electrons. The number of imidazole rings is 1. The Labute approximate surface area is 178 Å². The van der Waals surface area contributed by atoms with Gasteiger partial charge in [-0.25, -0.2) is 9.37 Å². The zero-order valence-electron chi connectivity index (χ0n) is 16.0. The SMILES string of the molecule is CN=C(NCCCc1cccc(F)c1)N1CCC(C)C(n2ccnc2)C1.I. The van der Waals surface area contributed by atoms with Crippen LogP contribution in [0.15, 0.2) is 48.0 Å². The summed E-state index contributed by atoms with van der Waals surface area (Å²) < 4.78 is 15.4. The zero-order valence-corrected chi connectivity index (χ0v) is 18.3. The number of guanidine groups is 1. The highest BCUT2D eigenvalue weighted by Crippen LogP contribution is 2.27. The predicted octanol–water partition coefficient (Wildman–Crippen LogP) is 3.73. The molecule has 0 saturated carbocycles. The van der Waals surface area contributed by atoms with Crippen molar-refractivity contribution >= 4 is 29.9 Å². The average molecular weight is 485 g/mol. The number of rotatable bonds is 5. The smallest absolute Gasteiger partial charge is 0.193 e. The third kappa shape index (κ3) is 5.92. The standard InChI is InChI=1S/C20H28FN5.HI/c1-16-8-11-25(14-19(16)26-12-10-23-15-26)20(22-2)24-9-4-6-17-5-3-7-18(21)13-17;/h3,5,7,10,12-13,15-16,19H,4,6,8-9,11,14H2,1-2H3,(H,22,24);1H. The van der Waals surface area contributed by atoms with Crippen LogP contribution in [0.25, 0.3) is 0 Å². The van der Waals surface area contributed by atoms with Gasteiger partial charge in [0.25, 0.3) is 0 Å². The number of benzene rings is 1. The largest absolute Gasteiger partial charge is 0.356 e. The molecule has 2 unspecified atom stereocenters. The van der Waals surface area contributed by atoms with Gasteiger partial charge in [-0.2, -0.15) is 0 Å². The second kappa shape index (κ2) is 10.6. The van der Waals surface area contributed by atoms with Gasteiger partial charge in [-0.05, 0) is 42.9 Å². The lowest BCUT2D eigenvalue weighted by atomic mass is 9.93. The number of hydrogen-bond donors (Lipinski definition) is 1. The molecule has 0 amide bonds. The van der Waals surface area contributed by atoms with Gasteiger partial charge in [0.15, 0.2) is 5.96 Å². The predicted molar refractivity (Wildman–Crippen MR) is 118 cm³/mol. The second-order valence-electron chi connectivity index (χ2n) is 7.00. The van der Waals surface area contributed by atoms with E-state index in [1.165, 1.54) is 6.07 Å². The van der Waals surface area contributed by atoms with Crippen LogP contribution in [0.2, 0.25) is 0 Å². The molecular weight excluding hydrogens is 456 g/mol. The van der Waals surface area contributed by atoms with Gasteiger partial charge in [0, 0.05) is 39.1 Å². The molecule has 3 rings (SSSR count). The highest BCUT2D eigenvalue weighted by atomic mass is 127. The molecule has 0 spiro atoms. The molecular formula is C20H29FIN5. The van der Waals surface area contributed by atoms with Crippen molar-refractivity contribution in [1.82, 2.24) is 19.8 Å². The van der Waals surface area contributed by atoms with Crippen LogP contribution in [0, 0.1) is 11.7 Å². The van der Waals surface area contributed by atoms with Gasteiger partial charge >= 0.3 is 0 Å². The maximum Gasteiger partial charge on any atom is 0.193 e. The average Bonchev–Trinajstić information content (AvgIpc) is 3.17. The first-order valence-corrected chi connectivity index (χ1v) is 9.35. The molecule has 5 nitrogen and oxygen atoms in total. The van der Waals surface area contributed by atoms with E-state index in [1.807, 2.05) is 31.8 Å².